The van der Waals surface area contributed by atoms with E-state index in [1.54, 1.807) is 0 Å². The predicted octanol–water partition coefficient (Wildman–Crippen LogP) is 2.09. The summed E-state index contributed by atoms with van der Waals surface area (Å²) in [5, 5.41) is 0. The van der Waals surface area contributed by atoms with Gasteiger partial charge in [-0.25, -0.2) is 17.9 Å². The molecular weight excluding hydrogens is 380 g/mol. The zero-order valence-electron chi connectivity index (χ0n) is 12.1. The minimum absolute atomic E-state index is 0.0162. The van der Waals surface area contributed by atoms with E-state index in [0.29, 0.717) is 16.6 Å². The van der Waals surface area contributed by atoms with Gasteiger partial charge in [0.2, 0.25) is 10.0 Å². The van der Waals surface area contributed by atoms with Crippen LogP contribution in [0.2, 0.25) is 0 Å². The van der Waals surface area contributed by atoms with E-state index >= 15 is 0 Å². The standard InChI is InChI=1S/C12H19BrN2O4S2/c1-4-12(14,5-2)7-15-21(17,18)9-6-8(11(16)19-3)20-10(9)13/h6,15H,4-5,7,14H2,1-3H3. The van der Waals surface area contributed by atoms with Crippen LogP contribution in [-0.2, 0) is 14.8 Å². The SMILES string of the molecule is CCC(N)(CC)CNS(=O)(=O)c1cc(C(=O)OC)sc1Br. The Balaban J connectivity index is 2.99. The first-order chi connectivity index (χ1) is 9.69. The molecule has 0 aromatic carbocycles. The summed E-state index contributed by atoms with van der Waals surface area (Å²) in [5.41, 5.74) is 5.50. The van der Waals surface area contributed by atoms with Crippen molar-refractivity contribution in [2.45, 2.75) is 37.1 Å². The topological polar surface area (TPSA) is 98.5 Å². The number of sulfonamides is 1. The first-order valence-electron chi connectivity index (χ1n) is 6.35. The highest BCUT2D eigenvalue weighted by atomic mass is 79.9. The molecule has 1 heterocycles. The number of thiophene rings is 1. The summed E-state index contributed by atoms with van der Waals surface area (Å²) in [6.07, 6.45) is 1.31. The average molecular weight is 399 g/mol. The second-order valence-electron chi connectivity index (χ2n) is 4.63. The maximum Gasteiger partial charge on any atom is 0.348 e. The number of carbonyl (C=O) groups excluding carboxylic acids is 1. The van der Waals surface area contributed by atoms with Crippen LogP contribution in [0.3, 0.4) is 0 Å². The van der Waals surface area contributed by atoms with Crippen molar-refractivity contribution in [2.75, 3.05) is 13.7 Å². The molecule has 9 heteroatoms. The molecular formula is C12H19BrN2O4S2. The van der Waals surface area contributed by atoms with Crippen LogP contribution in [0.4, 0.5) is 0 Å². The van der Waals surface area contributed by atoms with Crippen molar-refractivity contribution in [1.29, 1.82) is 0 Å². The lowest BCUT2D eigenvalue weighted by Crippen LogP contribution is -2.49. The lowest BCUT2D eigenvalue weighted by atomic mass is 9.95. The van der Waals surface area contributed by atoms with Crippen LogP contribution in [0.1, 0.15) is 36.4 Å². The fourth-order valence-corrected chi connectivity index (χ4v) is 5.17. The van der Waals surface area contributed by atoms with Gasteiger partial charge in [0.05, 0.1) is 10.9 Å². The highest BCUT2D eigenvalue weighted by molar-refractivity contribution is 9.11. The molecule has 120 valence electrons. The van der Waals surface area contributed by atoms with Gasteiger partial charge in [-0.15, -0.1) is 11.3 Å². The Morgan fingerprint density at radius 3 is 2.52 bits per heavy atom. The van der Waals surface area contributed by atoms with Crippen LogP contribution < -0.4 is 10.5 Å². The van der Waals surface area contributed by atoms with Crippen molar-refractivity contribution in [3.05, 3.63) is 14.7 Å². The third kappa shape index (κ3) is 4.49. The fraction of sp³-hybridized carbons (Fsp3) is 0.583. The number of methoxy groups -OCH3 is 1. The van der Waals surface area contributed by atoms with Crippen LogP contribution in [0.5, 0.6) is 0 Å². The largest absolute Gasteiger partial charge is 0.465 e. The Kier molecular flexibility index (Phi) is 6.36. The molecule has 0 aliphatic heterocycles. The second kappa shape index (κ2) is 7.19. The molecule has 0 radical (unpaired) electrons. The number of esters is 1. The minimum Gasteiger partial charge on any atom is -0.465 e. The lowest BCUT2D eigenvalue weighted by molar-refractivity contribution is 0.0606. The van der Waals surface area contributed by atoms with E-state index < -0.39 is 21.5 Å². The molecule has 0 atom stereocenters. The zero-order valence-corrected chi connectivity index (χ0v) is 15.3. The molecule has 6 nitrogen and oxygen atoms in total. The Labute approximate surface area is 137 Å². The molecule has 0 bridgehead atoms. The van der Waals surface area contributed by atoms with Gasteiger partial charge in [0.1, 0.15) is 9.77 Å². The van der Waals surface area contributed by atoms with Crippen molar-refractivity contribution in [2.24, 2.45) is 5.73 Å². The van der Waals surface area contributed by atoms with Gasteiger partial charge in [-0.2, -0.15) is 0 Å². The van der Waals surface area contributed by atoms with Crippen LogP contribution >= 0.6 is 27.3 Å². The van der Waals surface area contributed by atoms with Gasteiger partial charge in [-0.3, -0.25) is 0 Å². The molecule has 0 saturated heterocycles. The van der Waals surface area contributed by atoms with E-state index in [4.69, 9.17) is 5.73 Å². The lowest BCUT2D eigenvalue weighted by Gasteiger charge is -2.26. The Morgan fingerprint density at radius 2 is 2.05 bits per heavy atom. The van der Waals surface area contributed by atoms with Gasteiger partial charge >= 0.3 is 5.97 Å². The summed E-state index contributed by atoms with van der Waals surface area (Å²) < 4.78 is 32.1. The quantitative estimate of drug-likeness (QED) is 0.685. The van der Waals surface area contributed by atoms with Crippen molar-refractivity contribution < 1.29 is 17.9 Å². The first kappa shape index (κ1) is 18.6. The van der Waals surface area contributed by atoms with Gasteiger partial charge < -0.3 is 10.5 Å². The summed E-state index contributed by atoms with van der Waals surface area (Å²) in [6.45, 7) is 3.96. The van der Waals surface area contributed by atoms with E-state index in [1.165, 1.54) is 13.2 Å². The van der Waals surface area contributed by atoms with Crippen molar-refractivity contribution in [3.63, 3.8) is 0 Å². The molecule has 1 aromatic heterocycles. The molecule has 1 aromatic rings. The normalized spacial score (nSPS) is 12.4. The number of hydrogen-bond acceptors (Lipinski definition) is 6. The number of carbonyl (C=O) groups is 1. The summed E-state index contributed by atoms with van der Waals surface area (Å²) in [6, 6.07) is 1.29. The van der Waals surface area contributed by atoms with E-state index in [9.17, 15) is 13.2 Å². The number of nitrogens with one attached hydrogen (secondary N) is 1. The maximum absolute atomic E-state index is 12.3. The van der Waals surface area contributed by atoms with Crippen LogP contribution in [0.25, 0.3) is 0 Å². The molecule has 3 N–H and O–H groups in total. The maximum atomic E-state index is 12.3. The second-order valence-corrected chi connectivity index (χ2v) is 8.74. The molecule has 21 heavy (non-hydrogen) atoms. The minimum atomic E-state index is -3.74. The zero-order chi connectivity index (χ0) is 16.3. The van der Waals surface area contributed by atoms with Crippen LogP contribution in [0.15, 0.2) is 14.7 Å². The predicted molar refractivity (Wildman–Crippen MR) is 86.0 cm³/mol. The molecule has 0 aliphatic rings. The Morgan fingerprint density at radius 1 is 1.48 bits per heavy atom. The third-order valence-electron chi connectivity index (χ3n) is 3.35. The van der Waals surface area contributed by atoms with E-state index in [2.05, 4.69) is 25.4 Å². The number of ether oxygens (including phenoxy) is 1. The smallest absolute Gasteiger partial charge is 0.348 e. The van der Waals surface area contributed by atoms with Crippen molar-refractivity contribution >= 4 is 43.3 Å². The summed E-state index contributed by atoms with van der Waals surface area (Å²) in [7, 11) is -2.50. The monoisotopic (exact) mass is 398 g/mol. The number of hydrogen-bond donors (Lipinski definition) is 2. The summed E-state index contributed by atoms with van der Waals surface area (Å²) >= 11 is 4.18. The first-order valence-corrected chi connectivity index (χ1v) is 9.44. The highest BCUT2D eigenvalue weighted by Gasteiger charge is 2.27. The molecule has 0 aliphatic carbocycles. The van der Waals surface area contributed by atoms with Crippen molar-refractivity contribution in [1.82, 2.24) is 4.72 Å². The molecule has 1 rings (SSSR count). The fourth-order valence-electron chi connectivity index (χ4n) is 1.55. The third-order valence-corrected chi connectivity index (χ3v) is 6.99. The number of halogens is 1. The summed E-state index contributed by atoms with van der Waals surface area (Å²) in [5.74, 6) is -0.572. The molecule has 0 saturated carbocycles. The van der Waals surface area contributed by atoms with Crippen molar-refractivity contribution in [3.8, 4) is 0 Å². The van der Waals surface area contributed by atoms with E-state index in [-0.39, 0.29) is 16.3 Å². The van der Waals surface area contributed by atoms with Gasteiger partial charge in [-0.05, 0) is 34.8 Å². The highest BCUT2D eigenvalue weighted by Crippen LogP contribution is 2.32. The van der Waals surface area contributed by atoms with Gasteiger partial charge in [0.25, 0.3) is 0 Å². The Hall–Kier alpha value is -0.480. The van der Waals surface area contributed by atoms with Crippen LogP contribution in [0, 0.1) is 0 Å². The van der Waals surface area contributed by atoms with Gasteiger partial charge in [0, 0.05) is 12.1 Å². The molecule has 0 spiro atoms. The average Bonchev–Trinajstić information content (AvgIpc) is 2.87. The van der Waals surface area contributed by atoms with Gasteiger partial charge in [-0.1, -0.05) is 13.8 Å². The van der Waals surface area contributed by atoms with E-state index in [1.807, 2.05) is 13.8 Å². The van der Waals surface area contributed by atoms with Gasteiger partial charge in [0.15, 0.2) is 0 Å². The molecule has 0 unspecified atom stereocenters. The number of rotatable bonds is 7. The summed E-state index contributed by atoms with van der Waals surface area (Å²) in [4.78, 5) is 11.7. The Bertz CT molecular complexity index is 609. The van der Waals surface area contributed by atoms with E-state index in [0.717, 1.165) is 11.3 Å². The molecule has 0 fully saturated rings. The molecule has 0 amide bonds. The number of nitrogens with two attached hydrogens (primary N) is 1. The van der Waals surface area contributed by atoms with Crippen LogP contribution in [-0.4, -0.2) is 33.6 Å².